The second-order valence-corrected chi connectivity index (χ2v) is 6.42. The highest BCUT2D eigenvalue weighted by Gasteiger charge is 2.09. The molecule has 2 rings (SSSR count). The molecule has 0 saturated carbocycles. The normalized spacial score (nSPS) is 10.4. The minimum atomic E-state index is -1.10. The number of nitrogens with one attached hydrogen (secondary N) is 2. The van der Waals surface area contributed by atoms with Gasteiger partial charge in [0, 0.05) is 0 Å². The van der Waals surface area contributed by atoms with Gasteiger partial charge in [-0.15, -0.1) is 0 Å². The molecular weight excluding hydrogens is 418 g/mol. The van der Waals surface area contributed by atoms with Crippen LogP contribution < -0.4 is 25.0 Å². The number of carboxylic acid groups (broad SMARTS) is 1. The Morgan fingerprint density at radius 2 is 1.78 bits per heavy atom. The Kier molecular flexibility index (Phi) is 9.51. The lowest BCUT2D eigenvalue weighted by Crippen LogP contribution is -2.35. The van der Waals surface area contributed by atoms with Crippen molar-refractivity contribution >= 4 is 24.0 Å². The van der Waals surface area contributed by atoms with E-state index in [2.05, 4.69) is 15.8 Å². The third-order valence-corrected chi connectivity index (χ3v) is 3.99. The molecule has 0 spiro atoms. The number of hydrogen-bond donors (Lipinski definition) is 3. The van der Waals surface area contributed by atoms with Crippen molar-refractivity contribution in [3.8, 4) is 17.2 Å². The quantitative estimate of drug-likeness (QED) is 0.333. The van der Waals surface area contributed by atoms with Gasteiger partial charge in [-0.2, -0.15) is 5.10 Å². The van der Waals surface area contributed by atoms with Gasteiger partial charge in [-0.05, 0) is 48.4 Å². The molecule has 10 heteroatoms. The molecule has 0 radical (unpaired) electrons. The lowest BCUT2D eigenvalue weighted by atomic mass is 10.1. The van der Waals surface area contributed by atoms with Crippen LogP contribution in [0.25, 0.3) is 0 Å². The van der Waals surface area contributed by atoms with Crippen LogP contribution in [0.4, 0.5) is 0 Å². The van der Waals surface area contributed by atoms with Crippen LogP contribution in [0.5, 0.6) is 17.2 Å². The second kappa shape index (κ2) is 12.6. The van der Waals surface area contributed by atoms with Crippen LogP contribution in [0, 0.1) is 0 Å². The number of benzene rings is 2. The van der Waals surface area contributed by atoms with Gasteiger partial charge in [0.15, 0.2) is 18.1 Å². The molecule has 32 heavy (non-hydrogen) atoms. The van der Waals surface area contributed by atoms with Crippen molar-refractivity contribution in [2.45, 2.75) is 13.3 Å². The van der Waals surface area contributed by atoms with Crippen molar-refractivity contribution < 1.29 is 33.7 Å². The first-order valence-electron chi connectivity index (χ1n) is 9.74. The number of methoxy groups -OCH3 is 1. The largest absolute Gasteiger partial charge is 0.497 e. The number of hydrazone groups is 1. The zero-order chi connectivity index (χ0) is 23.3. The number of ether oxygens (including phenoxy) is 3. The molecule has 0 aliphatic rings. The maximum atomic E-state index is 12.0. The maximum Gasteiger partial charge on any atom is 0.341 e. The first-order valence-corrected chi connectivity index (χ1v) is 9.74. The fraction of sp³-hybridized carbons (Fsp3) is 0.273. The monoisotopic (exact) mass is 443 g/mol. The fourth-order valence-electron chi connectivity index (χ4n) is 2.52. The molecule has 2 amide bonds. The molecule has 0 saturated heterocycles. The van der Waals surface area contributed by atoms with Crippen LogP contribution >= 0.6 is 0 Å². The first-order chi connectivity index (χ1) is 15.4. The molecule has 0 fully saturated rings. The van der Waals surface area contributed by atoms with Crippen LogP contribution in [0.2, 0.25) is 0 Å². The number of rotatable bonds is 12. The lowest BCUT2D eigenvalue weighted by molar-refractivity contribution is -0.139. The van der Waals surface area contributed by atoms with E-state index in [1.165, 1.54) is 6.21 Å². The summed E-state index contributed by atoms with van der Waals surface area (Å²) >= 11 is 0. The number of amides is 2. The van der Waals surface area contributed by atoms with Gasteiger partial charge < -0.3 is 24.6 Å². The van der Waals surface area contributed by atoms with Crippen molar-refractivity contribution in [3.05, 3.63) is 53.6 Å². The first kappa shape index (κ1) is 24.2. The van der Waals surface area contributed by atoms with Gasteiger partial charge in [0.2, 0.25) is 5.91 Å². The summed E-state index contributed by atoms with van der Waals surface area (Å²) in [6, 6.07) is 11.8. The van der Waals surface area contributed by atoms with E-state index >= 15 is 0 Å². The molecule has 170 valence electrons. The summed E-state index contributed by atoms with van der Waals surface area (Å²) in [5.41, 5.74) is 3.71. The molecule has 2 aromatic rings. The highest BCUT2D eigenvalue weighted by atomic mass is 16.5. The summed E-state index contributed by atoms with van der Waals surface area (Å²) in [4.78, 5) is 34.5. The Labute approximate surface area is 185 Å². The number of carboxylic acids is 1. The van der Waals surface area contributed by atoms with E-state index in [-0.39, 0.29) is 24.6 Å². The summed E-state index contributed by atoms with van der Waals surface area (Å²) < 4.78 is 15.7. The highest BCUT2D eigenvalue weighted by molar-refractivity contribution is 5.87. The zero-order valence-electron chi connectivity index (χ0n) is 17.8. The van der Waals surface area contributed by atoms with Gasteiger partial charge in [0.05, 0.1) is 32.9 Å². The number of carbonyl (C=O) groups excluding carboxylic acids is 2. The Morgan fingerprint density at radius 3 is 2.44 bits per heavy atom. The van der Waals surface area contributed by atoms with Gasteiger partial charge >= 0.3 is 5.97 Å². The molecule has 0 atom stereocenters. The Bertz CT molecular complexity index is 958. The molecule has 0 heterocycles. The minimum absolute atomic E-state index is 0.136. The summed E-state index contributed by atoms with van der Waals surface area (Å²) in [6.07, 6.45) is 1.53. The second-order valence-electron chi connectivity index (χ2n) is 6.42. The molecule has 0 aromatic heterocycles. The van der Waals surface area contributed by atoms with E-state index in [0.717, 1.165) is 5.56 Å². The molecule has 3 N–H and O–H groups in total. The van der Waals surface area contributed by atoms with Crippen LogP contribution in [0.15, 0.2) is 47.6 Å². The summed E-state index contributed by atoms with van der Waals surface area (Å²) in [6.45, 7) is 1.42. The molecule has 0 bridgehead atoms. The van der Waals surface area contributed by atoms with Crippen molar-refractivity contribution in [1.29, 1.82) is 0 Å². The Morgan fingerprint density at radius 1 is 1.03 bits per heavy atom. The van der Waals surface area contributed by atoms with Crippen LogP contribution in [0.3, 0.4) is 0 Å². The van der Waals surface area contributed by atoms with E-state index in [1.54, 1.807) is 56.5 Å². The standard InChI is InChI=1S/C22H25N3O7/c1-3-31-19-10-16(6-9-18(19)32-14-22(28)29)12-24-25-21(27)13-23-20(26)11-15-4-7-17(30-2)8-5-15/h4-10,12H,3,11,13-14H2,1-2H3,(H,23,26)(H,25,27)(H,28,29)/b24-12+. The van der Waals surface area contributed by atoms with E-state index < -0.39 is 18.5 Å². The van der Waals surface area contributed by atoms with Crippen LogP contribution in [-0.4, -0.2) is 56.0 Å². The molecule has 0 unspecified atom stereocenters. The molecule has 0 aliphatic heterocycles. The number of nitrogens with zero attached hydrogens (tertiary/aromatic N) is 1. The molecule has 0 aliphatic carbocycles. The van der Waals surface area contributed by atoms with Crippen LogP contribution in [-0.2, 0) is 20.8 Å². The van der Waals surface area contributed by atoms with Gasteiger partial charge in [-0.1, -0.05) is 12.1 Å². The van der Waals surface area contributed by atoms with Crippen molar-refractivity contribution in [3.63, 3.8) is 0 Å². The lowest BCUT2D eigenvalue weighted by Gasteiger charge is -2.11. The molecule has 2 aromatic carbocycles. The number of hydrogen-bond acceptors (Lipinski definition) is 7. The SMILES string of the molecule is CCOc1cc(/C=N/NC(=O)CNC(=O)Cc2ccc(OC)cc2)ccc1OCC(=O)O. The topological polar surface area (TPSA) is 136 Å². The Hall–Kier alpha value is -4.08. The molecular formula is C22H25N3O7. The van der Waals surface area contributed by atoms with Gasteiger partial charge in [0.1, 0.15) is 5.75 Å². The average Bonchev–Trinajstić information content (AvgIpc) is 2.78. The third-order valence-electron chi connectivity index (χ3n) is 3.99. The van der Waals surface area contributed by atoms with Crippen molar-refractivity contribution in [2.75, 3.05) is 26.9 Å². The minimum Gasteiger partial charge on any atom is -0.497 e. The van der Waals surface area contributed by atoms with Gasteiger partial charge in [0.25, 0.3) is 5.91 Å². The fourth-order valence-corrected chi connectivity index (χ4v) is 2.52. The zero-order valence-corrected chi connectivity index (χ0v) is 17.8. The molecule has 10 nitrogen and oxygen atoms in total. The van der Waals surface area contributed by atoms with Gasteiger partial charge in [-0.3, -0.25) is 9.59 Å². The van der Waals surface area contributed by atoms with Gasteiger partial charge in [-0.25, -0.2) is 10.2 Å². The van der Waals surface area contributed by atoms with E-state index in [1.807, 2.05) is 0 Å². The number of aliphatic carboxylic acids is 1. The van der Waals surface area contributed by atoms with E-state index in [9.17, 15) is 14.4 Å². The van der Waals surface area contributed by atoms with E-state index in [4.69, 9.17) is 19.3 Å². The maximum absolute atomic E-state index is 12.0. The third kappa shape index (κ3) is 8.34. The van der Waals surface area contributed by atoms with Crippen molar-refractivity contribution in [2.24, 2.45) is 5.10 Å². The van der Waals surface area contributed by atoms with Crippen molar-refractivity contribution in [1.82, 2.24) is 10.7 Å². The summed E-state index contributed by atoms with van der Waals surface area (Å²) in [5.74, 6) is -0.549. The smallest absolute Gasteiger partial charge is 0.341 e. The highest BCUT2D eigenvalue weighted by Crippen LogP contribution is 2.28. The summed E-state index contributed by atoms with van der Waals surface area (Å²) in [5, 5.41) is 15.1. The average molecular weight is 443 g/mol. The predicted octanol–water partition coefficient (Wildman–Crippen LogP) is 1.37. The number of carbonyl (C=O) groups is 3. The summed E-state index contributed by atoms with van der Waals surface area (Å²) in [7, 11) is 1.56. The predicted molar refractivity (Wildman–Crippen MR) is 116 cm³/mol. The van der Waals surface area contributed by atoms with E-state index in [0.29, 0.717) is 23.7 Å². The van der Waals surface area contributed by atoms with Crippen LogP contribution in [0.1, 0.15) is 18.1 Å². The Balaban J connectivity index is 1.82.